The van der Waals surface area contributed by atoms with Gasteiger partial charge < -0.3 is 14.2 Å². The van der Waals surface area contributed by atoms with E-state index in [-0.39, 0.29) is 31.1 Å². The zero-order valence-electron chi connectivity index (χ0n) is 45.5. The summed E-state index contributed by atoms with van der Waals surface area (Å²) in [4.78, 5) is 38.1. The van der Waals surface area contributed by atoms with Gasteiger partial charge in [-0.05, 0) is 37.0 Å². The molecule has 0 spiro atoms. The molecular formula is C60H116O6. The van der Waals surface area contributed by atoms with Crippen molar-refractivity contribution >= 4 is 17.9 Å². The van der Waals surface area contributed by atoms with Crippen LogP contribution in [0.15, 0.2) is 0 Å². The van der Waals surface area contributed by atoms with Crippen molar-refractivity contribution in [2.24, 2.45) is 17.8 Å². The molecule has 0 heterocycles. The summed E-state index contributed by atoms with van der Waals surface area (Å²) in [5, 5.41) is 0. The van der Waals surface area contributed by atoms with Gasteiger partial charge in [0.2, 0.25) is 0 Å². The fourth-order valence-electron chi connectivity index (χ4n) is 9.14. The Kier molecular flexibility index (Phi) is 50.0. The maximum Gasteiger partial charge on any atom is 0.306 e. The van der Waals surface area contributed by atoms with E-state index >= 15 is 0 Å². The second kappa shape index (κ2) is 51.3. The lowest BCUT2D eigenvalue weighted by Gasteiger charge is -2.18. The smallest absolute Gasteiger partial charge is 0.306 e. The normalized spacial score (nSPS) is 12.5. The van der Waals surface area contributed by atoms with Crippen LogP contribution >= 0.6 is 0 Å². The number of carbonyl (C=O) groups excluding carboxylic acids is 3. The molecule has 0 fully saturated rings. The molecule has 0 aliphatic rings. The van der Waals surface area contributed by atoms with Crippen molar-refractivity contribution in [2.75, 3.05) is 13.2 Å². The SMILES string of the molecule is CCC(C)CCCCCCCCCCCCCCCCCCCCC(=O)OC[C@H](COC(=O)CCCCCCCCCCCCCCCCC(C)C)OC(=O)CCCCCCCCC(C)C. The number of hydrogen-bond acceptors (Lipinski definition) is 6. The van der Waals surface area contributed by atoms with Crippen molar-refractivity contribution in [1.82, 2.24) is 0 Å². The number of hydrogen-bond donors (Lipinski definition) is 0. The molecule has 0 aromatic rings. The first-order chi connectivity index (χ1) is 32.1. The third-order valence-corrected chi connectivity index (χ3v) is 14.0. The lowest BCUT2D eigenvalue weighted by molar-refractivity contribution is -0.167. The van der Waals surface area contributed by atoms with Crippen LogP contribution in [0.4, 0.5) is 0 Å². The number of esters is 3. The Balaban J connectivity index is 4.15. The van der Waals surface area contributed by atoms with Gasteiger partial charge in [-0.1, -0.05) is 292 Å². The first-order valence-electron chi connectivity index (χ1n) is 29.6. The highest BCUT2D eigenvalue weighted by Crippen LogP contribution is 2.19. The molecule has 0 saturated carbocycles. The topological polar surface area (TPSA) is 78.9 Å². The Hall–Kier alpha value is -1.59. The number of unbranched alkanes of at least 4 members (excludes halogenated alkanes) is 35. The summed E-state index contributed by atoms with van der Waals surface area (Å²) in [5.74, 6) is 1.66. The van der Waals surface area contributed by atoms with Crippen LogP contribution in [0.2, 0.25) is 0 Å². The third-order valence-electron chi connectivity index (χ3n) is 14.0. The van der Waals surface area contributed by atoms with Gasteiger partial charge in [0.1, 0.15) is 13.2 Å². The standard InChI is InChI=1S/C60H116O6/c1-7-56(6)48-42-36-29-25-21-17-12-10-8-9-11-13-18-22-26-30-37-43-49-58(61)64-52-57(66-60(63)51-45-39-33-32-35-41-47-55(4)5)53-65-59(62)50-44-38-31-27-23-19-15-14-16-20-24-28-34-40-46-54(2)3/h54-57H,7-53H2,1-6H3/t56?,57-/m1/s1. The Morgan fingerprint density at radius 2 is 0.530 bits per heavy atom. The van der Waals surface area contributed by atoms with Gasteiger partial charge in [-0.25, -0.2) is 0 Å². The molecule has 0 bridgehead atoms. The number of rotatable bonds is 53. The first-order valence-corrected chi connectivity index (χ1v) is 29.6. The van der Waals surface area contributed by atoms with Crippen molar-refractivity contribution in [3.8, 4) is 0 Å². The maximum atomic E-state index is 12.8. The molecule has 0 aliphatic heterocycles. The molecule has 0 aromatic carbocycles. The second-order valence-corrected chi connectivity index (χ2v) is 21.8. The van der Waals surface area contributed by atoms with Crippen molar-refractivity contribution in [3.63, 3.8) is 0 Å². The van der Waals surface area contributed by atoms with E-state index in [1.807, 2.05) is 0 Å². The summed E-state index contributed by atoms with van der Waals surface area (Å²) in [6.45, 7) is 13.7. The molecule has 6 heteroatoms. The average Bonchev–Trinajstić information content (AvgIpc) is 3.29. The van der Waals surface area contributed by atoms with Crippen LogP contribution < -0.4 is 0 Å². The van der Waals surface area contributed by atoms with Crippen LogP contribution in [-0.2, 0) is 28.6 Å². The summed E-state index contributed by atoms with van der Waals surface area (Å²) in [5.41, 5.74) is 0. The van der Waals surface area contributed by atoms with E-state index in [1.54, 1.807) is 0 Å². The Bertz CT molecular complexity index is 1020. The molecule has 0 aliphatic carbocycles. The highest BCUT2D eigenvalue weighted by molar-refractivity contribution is 5.71. The quantitative estimate of drug-likeness (QED) is 0.0343. The minimum Gasteiger partial charge on any atom is -0.462 e. The predicted octanol–water partition coefficient (Wildman–Crippen LogP) is 19.5. The van der Waals surface area contributed by atoms with Gasteiger partial charge in [0, 0.05) is 19.3 Å². The van der Waals surface area contributed by atoms with Crippen molar-refractivity contribution < 1.29 is 28.6 Å². The van der Waals surface area contributed by atoms with E-state index in [0.717, 1.165) is 75.5 Å². The summed E-state index contributed by atoms with van der Waals surface area (Å²) >= 11 is 0. The van der Waals surface area contributed by atoms with Crippen LogP contribution in [0.1, 0.15) is 330 Å². The van der Waals surface area contributed by atoms with Gasteiger partial charge in [0.25, 0.3) is 0 Å². The lowest BCUT2D eigenvalue weighted by Crippen LogP contribution is -2.30. The van der Waals surface area contributed by atoms with Crippen LogP contribution in [0.3, 0.4) is 0 Å². The highest BCUT2D eigenvalue weighted by Gasteiger charge is 2.19. The minimum absolute atomic E-state index is 0.0646. The van der Waals surface area contributed by atoms with Gasteiger partial charge in [-0.2, -0.15) is 0 Å². The first kappa shape index (κ1) is 64.4. The van der Waals surface area contributed by atoms with E-state index in [2.05, 4.69) is 41.5 Å². The van der Waals surface area contributed by atoms with Crippen molar-refractivity contribution in [3.05, 3.63) is 0 Å². The summed E-state index contributed by atoms with van der Waals surface area (Å²) in [7, 11) is 0. The molecule has 0 aromatic heterocycles. The van der Waals surface area contributed by atoms with E-state index < -0.39 is 6.10 Å². The van der Waals surface area contributed by atoms with Crippen LogP contribution in [0.25, 0.3) is 0 Å². The lowest BCUT2D eigenvalue weighted by atomic mass is 9.99. The predicted molar refractivity (Wildman–Crippen MR) is 284 cm³/mol. The molecule has 392 valence electrons. The monoisotopic (exact) mass is 933 g/mol. The summed E-state index contributed by atoms with van der Waals surface area (Å²) < 4.78 is 16.9. The molecule has 0 amide bonds. The van der Waals surface area contributed by atoms with E-state index in [4.69, 9.17) is 14.2 Å². The fourth-order valence-corrected chi connectivity index (χ4v) is 9.14. The second-order valence-electron chi connectivity index (χ2n) is 21.8. The molecule has 0 radical (unpaired) electrons. The van der Waals surface area contributed by atoms with E-state index in [9.17, 15) is 14.4 Å². The minimum atomic E-state index is -0.764. The molecule has 66 heavy (non-hydrogen) atoms. The van der Waals surface area contributed by atoms with Crippen LogP contribution in [0.5, 0.6) is 0 Å². The van der Waals surface area contributed by atoms with E-state index in [1.165, 1.54) is 212 Å². The average molecular weight is 934 g/mol. The number of carbonyl (C=O) groups is 3. The van der Waals surface area contributed by atoms with Crippen molar-refractivity contribution in [1.29, 1.82) is 0 Å². The molecule has 0 saturated heterocycles. The molecule has 1 unspecified atom stereocenters. The van der Waals surface area contributed by atoms with Gasteiger partial charge in [0.15, 0.2) is 6.10 Å². The van der Waals surface area contributed by atoms with Gasteiger partial charge in [-0.3, -0.25) is 14.4 Å². The number of ether oxygens (including phenoxy) is 3. The maximum absolute atomic E-state index is 12.8. The van der Waals surface area contributed by atoms with Gasteiger partial charge in [0.05, 0.1) is 0 Å². The summed E-state index contributed by atoms with van der Waals surface area (Å²) in [6, 6.07) is 0. The van der Waals surface area contributed by atoms with Crippen LogP contribution in [0, 0.1) is 17.8 Å². The van der Waals surface area contributed by atoms with E-state index in [0.29, 0.717) is 19.3 Å². The Morgan fingerprint density at radius 1 is 0.303 bits per heavy atom. The van der Waals surface area contributed by atoms with Gasteiger partial charge in [-0.15, -0.1) is 0 Å². The molecule has 2 atom stereocenters. The molecular weight excluding hydrogens is 817 g/mol. The van der Waals surface area contributed by atoms with Crippen molar-refractivity contribution in [2.45, 2.75) is 337 Å². The Morgan fingerprint density at radius 3 is 0.788 bits per heavy atom. The van der Waals surface area contributed by atoms with Crippen LogP contribution in [-0.4, -0.2) is 37.2 Å². The van der Waals surface area contributed by atoms with Gasteiger partial charge >= 0.3 is 17.9 Å². The Labute approximate surface area is 412 Å². The molecule has 0 rings (SSSR count). The largest absolute Gasteiger partial charge is 0.462 e. The highest BCUT2D eigenvalue weighted by atomic mass is 16.6. The molecule has 6 nitrogen and oxygen atoms in total. The fraction of sp³-hybridized carbons (Fsp3) is 0.950. The summed E-state index contributed by atoms with van der Waals surface area (Å²) in [6.07, 6.45) is 54.0. The zero-order valence-corrected chi connectivity index (χ0v) is 45.5. The third kappa shape index (κ3) is 51.8. The molecule has 0 N–H and O–H groups in total. The zero-order chi connectivity index (χ0) is 48.4.